The molecule has 2 heterocycles. The molecule has 1 aromatic heterocycles. The van der Waals surface area contributed by atoms with Crippen LogP contribution in [0.15, 0.2) is 17.0 Å². The van der Waals surface area contributed by atoms with Crippen molar-refractivity contribution in [2.24, 2.45) is 4.90 Å². The van der Waals surface area contributed by atoms with Crippen LogP contribution in [0, 0.1) is 12.5 Å². The molecule has 0 amide bonds. The summed E-state index contributed by atoms with van der Waals surface area (Å²) in [6, 6.07) is 3.79. The molecule has 1 aromatic rings. The van der Waals surface area contributed by atoms with Crippen LogP contribution >= 0.6 is 0 Å². The third-order valence-corrected chi connectivity index (χ3v) is 4.08. The summed E-state index contributed by atoms with van der Waals surface area (Å²) in [7, 11) is 0.747. The normalized spacial score (nSPS) is 19.0. The van der Waals surface area contributed by atoms with E-state index in [1.807, 2.05) is 52.9 Å². The van der Waals surface area contributed by atoms with Crippen molar-refractivity contribution in [3.8, 4) is 12.5 Å². The molecule has 2 rings (SSSR count). The number of hydrogen-bond acceptors (Lipinski definition) is 5. The predicted octanol–water partition coefficient (Wildman–Crippen LogP) is 1.98. The summed E-state index contributed by atoms with van der Waals surface area (Å²) in [5, 5.41) is 0. The first-order valence-electron chi connectivity index (χ1n) is 7.29. The number of nitrogens with zero attached hydrogens (tertiary/aromatic N) is 2. The van der Waals surface area contributed by atoms with Crippen LogP contribution in [0.2, 0.25) is 0 Å². The molecule has 1 aliphatic rings. The summed E-state index contributed by atoms with van der Waals surface area (Å²) in [6.45, 7) is 10.1. The molecule has 0 N–H and O–H groups in total. The Hall–Kier alpha value is -1.64. The standard InChI is InChI=1S/C15H20B2N2O3/c1-7-12-9-11(10-13(18-12)19-16-20-8-2)17-21-14(3,4)15(5,6)22-17/h2,9-10H,7H2,1,3-6H3. The van der Waals surface area contributed by atoms with Crippen molar-refractivity contribution in [1.82, 2.24) is 4.98 Å². The predicted molar refractivity (Wildman–Crippen MR) is 87.1 cm³/mol. The Labute approximate surface area is 132 Å². The van der Waals surface area contributed by atoms with E-state index in [1.54, 1.807) is 0 Å². The zero-order valence-electron chi connectivity index (χ0n) is 13.7. The first-order chi connectivity index (χ1) is 10.3. The SMILES string of the molecule is C#CO/B=N/c1cc(B2OC(C)(C)C(C)(C)O2)cc(CC)n1. The molecule has 1 aliphatic heterocycles. The number of rotatable bonds is 4. The van der Waals surface area contributed by atoms with Gasteiger partial charge in [0, 0.05) is 0 Å². The maximum absolute atomic E-state index is 6.06. The third-order valence-electron chi connectivity index (χ3n) is 4.08. The number of hydrogen-bond donors (Lipinski definition) is 0. The summed E-state index contributed by atoms with van der Waals surface area (Å²) in [5.41, 5.74) is 1.02. The zero-order valence-corrected chi connectivity index (χ0v) is 13.7. The average molecular weight is 298 g/mol. The van der Waals surface area contributed by atoms with Crippen molar-refractivity contribution in [2.75, 3.05) is 0 Å². The van der Waals surface area contributed by atoms with Crippen LogP contribution in [0.5, 0.6) is 0 Å². The number of aromatic nitrogens is 1. The fraction of sp³-hybridized carbons (Fsp3) is 0.533. The van der Waals surface area contributed by atoms with E-state index >= 15 is 0 Å². The zero-order chi connectivity index (χ0) is 16.4. The van der Waals surface area contributed by atoms with Gasteiger partial charge in [0.15, 0.2) is 0 Å². The van der Waals surface area contributed by atoms with E-state index < -0.39 is 7.12 Å². The van der Waals surface area contributed by atoms with Crippen LogP contribution in [0.25, 0.3) is 0 Å². The minimum atomic E-state index is -0.444. The van der Waals surface area contributed by atoms with Crippen molar-refractivity contribution < 1.29 is 14.0 Å². The molecule has 0 radical (unpaired) electrons. The Morgan fingerprint density at radius 2 is 1.95 bits per heavy atom. The Balaban J connectivity index is 2.32. The molecule has 1 fully saturated rings. The van der Waals surface area contributed by atoms with Crippen LogP contribution in [0.4, 0.5) is 5.82 Å². The van der Waals surface area contributed by atoms with Gasteiger partial charge in [0.05, 0.1) is 0 Å². The first kappa shape index (κ1) is 16.7. The molecule has 0 unspecified atom stereocenters. The van der Waals surface area contributed by atoms with Gasteiger partial charge in [0.25, 0.3) is 0 Å². The van der Waals surface area contributed by atoms with Crippen LogP contribution in [-0.2, 0) is 20.4 Å². The number of pyridine rings is 1. The monoisotopic (exact) mass is 298 g/mol. The molecule has 0 spiro atoms. The average Bonchev–Trinajstić information content (AvgIpc) is 2.67. The Kier molecular flexibility index (Phi) is 4.74. The first-order valence-corrected chi connectivity index (χ1v) is 7.29. The van der Waals surface area contributed by atoms with E-state index in [1.165, 1.54) is 7.27 Å². The van der Waals surface area contributed by atoms with Crippen LogP contribution in [-0.4, -0.2) is 30.6 Å². The maximum atomic E-state index is 6.06. The van der Waals surface area contributed by atoms with Crippen molar-refractivity contribution in [3.63, 3.8) is 0 Å². The van der Waals surface area contributed by atoms with E-state index in [4.69, 9.17) is 15.7 Å². The van der Waals surface area contributed by atoms with Crippen molar-refractivity contribution in [1.29, 1.82) is 0 Å². The molecule has 0 bridgehead atoms. The fourth-order valence-corrected chi connectivity index (χ4v) is 2.07. The fourth-order valence-electron chi connectivity index (χ4n) is 2.07. The molecule has 7 heteroatoms. The summed E-state index contributed by atoms with van der Waals surface area (Å²) < 4.78 is 16.8. The Morgan fingerprint density at radius 3 is 2.50 bits per heavy atom. The van der Waals surface area contributed by atoms with Gasteiger partial charge in [-0.1, -0.05) is 0 Å². The molecular weight excluding hydrogens is 278 g/mol. The van der Waals surface area contributed by atoms with E-state index in [-0.39, 0.29) is 11.2 Å². The van der Waals surface area contributed by atoms with E-state index in [0.717, 1.165) is 17.6 Å². The van der Waals surface area contributed by atoms with Crippen LogP contribution < -0.4 is 5.46 Å². The molecule has 0 aliphatic carbocycles. The van der Waals surface area contributed by atoms with Gasteiger partial charge in [-0.2, -0.15) is 0 Å². The van der Waals surface area contributed by atoms with Crippen LogP contribution in [0.1, 0.15) is 40.3 Å². The molecule has 114 valence electrons. The van der Waals surface area contributed by atoms with Crippen molar-refractivity contribution >= 4 is 25.7 Å². The third kappa shape index (κ3) is 3.40. The molecular formula is C15H20B2N2O3. The van der Waals surface area contributed by atoms with Gasteiger partial charge >= 0.3 is 132 Å². The van der Waals surface area contributed by atoms with Gasteiger partial charge in [-0.25, -0.2) is 0 Å². The van der Waals surface area contributed by atoms with E-state index in [0.29, 0.717) is 5.82 Å². The quantitative estimate of drug-likeness (QED) is 0.630. The van der Waals surface area contributed by atoms with Gasteiger partial charge < -0.3 is 0 Å². The second-order valence-electron chi connectivity index (χ2n) is 6.16. The van der Waals surface area contributed by atoms with Crippen LogP contribution in [0.3, 0.4) is 0 Å². The van der Waals surface area contributed by atoms with Crippen molar-refractivity contribution in [2.45, 2.75) is 52.2 Å². The topological polar surface area (TPSA) is 52.9 Å². The minimum absolute atomic E-state index is 0.386. The molecule has 0 aromatic carbocycles. The molecule has 0 atom stereocenters. The van der Waals surface area contributed by atoms with Gasteiger partial charge in [-0.05, 0) is 0 Å². The van der Waals surface area contributed by atoms with Crippen molar-refractivity contribution in [3.05, 3.63) is 17.8 Å². The van der Waals surface area contributed by atoms with Gasteiger partial charge in [-0.3, -0.25) is 0 Å². The summed E-state index contributed by atoms with van der Waals surface area (Å²) in [4.78, 5) is 8.51. The molecule has 0 saturated carbocycles. The summed E-state index contributed by atoms with van der Waals surface area (Å²) in [5.74, 6) is 0.513. The van der Waals surface area contributed by atoms with E-state index in [2.05, 4.69) is 14.5 Å². The van der Waals surface area contributed by atoms with Gasteiger partial charge in [-0.15, -0.1) is 0 Å². The summed E-state index contributed by atoms with van der Waals surface area (Å²) in [6.07, 6.45) is 7.83. The molecule has 22 heavy (non-hydrogen) atoms. The summed E-state index contributed by atoms with van der Waals surface area (Å²) >= 11 is 0. The second-order valence-corrected chi connectivity index (χ2v) is 6.16. The van der Waals surface area contributed by atoms with Gasteiger partial charge in [0.1, 0.15) is 0 Å². The second kappa shape index (κ2) is 6.23. The molecule has 5 nitrogen and oxygen atoms in total. The number of terminal acetylenes is 1. The molecule has 1 saturated heterocycles. The Bertz CT molecular complexity index is 608. The number of aryl methyl sites for hydroxylation is 1. The Morgan fingerprint density at radius 1 is 1.32 bits per heavy atom. The van der Waals surface area contributed by atoms with Gasteiger partial charge in [0.2, 0.25) is 0 Å². The van der Waals surface area contributed by atoms with E-state index in [9.17, 15) is 0 Å².